The van der Waals surface area contributed by atoms with E-state index in [0.717, 1.165) is 30.8 Å². The summed E-state index contributed by atoms with van der Waals surface area (Å²) >= 11 is 0. The summed E-state index contributed by atoms with van der Waals surface area (Å²) < 4.78 is 5.41. The second kappa shape index (κ2) is 3.00. The summed E-state index contributed by atoms with van der Waals surface area (Å²) in [6, 6.07) is 0. The summed E-state index contributed by atoms with van der Waals surface area (Å²) in [6.07, 6.45) is 6.79. The number of carbonyl (C=O) groups excluding carboxylic acids is 1. The van der Waals surface area contributed by atoms with Crippen LogP contribution in [0.15, 0.2) is 29.1 Å². The topological polar surface area (TPSA) is 26.3 Å². The van der Waals surface area contributed by atoms with E-state index >= 15 is 0 Å². The van der Waals surface area contributed by atoms with Crippen molar-refractivity contribution in [1.29, 1.82) is 0 Å². The Kier molecular flexibility index (Phi) is 1.84. The standard InChI is InChI=1S/C10H10O2/c11-7-9-4-1-3-8-5-2-6-12-10(8)9/h1,3H,2,4-6H2. The quantitative estimate of drug-likeness (QED) is 0.507. The average molecular weight is 162 g/mol. The minimum atomic E-state index is 0.669. The molecule has 0 amide bonds. The third kappa shape index (κ3) is 1.10. The Morgan fingerprint density at radius 2 is 2.42 bits per heavy atom. The minimum Gasteiger partial charge on any atom is -0.492 e. The molecule has 62 valence electrons. The molecule has 0 aromatic rings. The molecule has 12 heavy (non-hydrogen) atoms. The normalized spacial score (nSPS) is 21.5. The molecule has 0 saturated carbocycles. The van der Waals surface area contributed by atoms with Crippen LogP contribution in [-0.4, -0.2) is 12.5 Å². The van der Waals surface area contributed by atoms with Crippen LogP contribution in [0.25, 0.3) is 0 Å². The zero-order valence-corrected chi connectivity index (χ0v) is 6.80. The first kappa shape index (κ1) is 7.38. The second-order valence-electron chi connectivity index (χ2n) is 2.99. The van der Waals surface area contributed by atoms with Crippen molar-refractivity contribution in [3.63, 3.8) is 0 Å². The highest BCUT2D eigenvalue weighted by Gasteiger charge is 2.19. The lowest BCUT2D eigenvalue weighted by Crippen LogP contribution is -2.10. The Morgan fingerprint density at radius 1 is 1.50 bits per heavy atom. The molecular formula is C10H10O2. The van der Waals surface area contributed by atoms with Gasteiger partial charge in [0.25, 0.3) is 0 Å². The molecule has 0 spiro atoms. The highest BCUT2D eigenvalue weighted by atomic mass is 16.5. The molecule has 0 aromatic carbocycles. The third-order valence-electron chi connectivity index (χ3n) is 2.17. The lowest BCUT2D eigenvalue weighted by Gasteiger charge is -2.21. The van der Waals surface area contributed by atoms with Crippen molar-refractivity contribution in [3.05, 3.63) is 29.1 Å². The number of allylic oxidation sites excluding steroid dienone is 4. The third-order valence-corrected chi connectivity index (χ3v) is 2.17. The summed E-state index contributed by atoms with van der Waals surface area (Å²) in [4.78, 5) is 10.5. The molecule has 0 saturated heterocycles. The minimum absolute atomic E-state index is 0.669. The van der Waals surface area contributed by atoms with Crippen molar-refractivity contribution >= 4 is 5.94 Å². The van der Waals surface area contributed by atoms with E-state index in [4.69, 9.17) is 4.74 Å². The summed E-state index contributed by atoms with van der Waals surface area (Å²) in [5, 5.41) is 0. The number of ether oxygens (including phenoxy) is 1. The van der Waals surface area contributed by atoms with Crippen LogP contribution < -0.4 is 0 Å². The van der Waals surface area contributed by atoms with Gasteiger partial charge in [-0.15, -0.1) is 0 Å². The van der Waals surface area contributed by atoms with Crippen LogP contribution in [0.3, 0.4) is 0 Å². The lowest BCUT2D eigenvalue weighted by atomic mass is 9.96. The van der Waals surface area contributed by atoms with Crippen molar-refractivity contribution in [1.82, 2.24) is 0 Å². The highest BCUT2D eigenvalue weighted by molar-refractivity contribution is 5.63. The molecule has 2 rings (SSSR count). The zero-order chi connectivity index (χ0) is 8.39. The maximum absolute atomic E-state index is 10.5. The van der Waals surface area contributed by atoms with E-state index in [9.17, 15) is 4.79 Å². The molecule has 1 heterocycles. The van der Waals surface area contributed by atoms with E-state index in [1.807, 2.05) is 12.0 Å². The smallest absolute Gasteiger partial charge is 0.136 e. The molecule has 0 atom stereocenters. The molecule has 2 nitrogen and oxygen atoms in total. The van der Waals surface area contributed by atoms with Crippen LogP contribution in [0.2, 0.25) is 0 Å². The molecular weight excluding hydrogens is 152 g/mol. The predicted molar refractivity (Wildman–Crippen MR) is 45.2 cm³/mol. The van der Waals surface area contributed by atoms with E-state index in [2.05, 4.69) is 6.08 Å². The Morgan fingerprint density at radius 3 is 3.25 bits per heavy atom. The maximum Gasteiger partial charge on any atom is 0.136 e. The predicted octanol–water partition coefficient (Wildman–Crippen LogP) is 1.77. The van der Waals surface area contributed by atoms with E-state index in [1.54, 1.807) is 0 Å². The van der Waals surface area contributed by atoms with Gasteiger partial charge in [-0.1, -0.05) is 12.2 Å². The first-order chi connectivity index (χ1) is 5.92. The number of hydrogen-bond donors (Lipinski definition) is 0. The van der Waals surface area contributed by atoms with Gasteiger partial charge in [0.05, 0.1) is 12.2 Å². The Bertz CT molecular complexity index is 304. The first-order valence-electron chi connectivity index (χ1n) is 4.18. The van der Waals surface area contributed by atoms with E-state index in [1.165, 1.54) is 0 Å². The molecule has 2 aliphatic rings. The number of hydrogen-bond acceptors (Lipinski definition) is 2. The fraction of sp³-hybridized carbons (Fsp3) is 0.400. The average Bonchev–Trinajstić information content (AvgIpc) is 2.17. The molecule has 0 fully saturated rings. The second-order valence-corrected chi connectivity index (χ2v) is 2.99. The summed E-state index contributed by atoms with van der Waals surface area (Å²) in [7, 11) is 0. The van der Waals surface area contributed by atoms with Crippen molar-refractivity contribution < 1.29 is 9.53 Å². The van der Waals surface area contributed by atoms with Crippen LogP contribution in [0.5, 0.6) is 0 Å². The monoisotopic (exact) mass is 162 g/mol. The fourth-order valence-corrected chi connectivity index (χ4v) is 1.58. The molecule has 0 unspecified atom stereocenters. The SMILES string of the molecule is O=C=C1CC=CC2=C1OCCC2. The lowest BCUT2D eigenvalue weighted by molar-refractivity contribution is 0.196. The van der Waals surface area contributed by atoms with Crippen LogP contribution in [0.1, 0.15) is 19.3 Å². The van der Waals surface area contributed by atoms with E-state index < -0.39 is 0 Å². The maximum atomic E-state index is 10.5. The Balaban J connectivity index is 2.42. The van der Waals surface area contributed by atoms with Gasteiger partial charge in [0.2, 0.25) is 0 Å². The first-order valence-corrected chi connectivity index (χ1v) is 4.18. The van der Waals surface area contributed by atoms with Gasteiger partial charge in [-0.25, -0.2) is 4.79 Å². The van der Waals surface area contributed by atoms with Gasteiger partial charge < -0.3 is 4.74 Å². The van der Waals surface area contributed by atoms with Gasteiger partial charge in [0.15, 0.2) is 0 Å². The van der Waals surface area contributed by atoms with Crippen LogP contribution in [0, 0.1) is 0 Å². The Hall–Kier alpha value is -1.27. The molecule has 1 aliphatic heterocycles. The molecule has 2 heteroatoms. The van der Waals surface area contributed by atoms with E-state index in [0.29, 0.717) is 12.0 Å². The van der Waals surface area contributed by atoms with Crippen LogP contribution in [-0.2, 0) is 9.53 Å². The number of rotatable bonds is 0. The van der Waals surface area contributed by atoms with Crippen molar-refractivity contribution in [2.75, 3.05) is 6.61 Å². The van der Waals surface area contributed by atoms with Crippen LogP contribution in [0.4, 0.5) is 0 Å². The summed E-state index contributed by atoms with van der Waals surface area (Å²) in [5.41, 5.74) is 1.83. The van der Waals surface area contributed by atoms with Gasteiger partial charge in [0.1, 0.15) is 11.7 Å². The molecule has 0 N–H and O–H groups in total. The highest BCUT2D eigenvalue weighted by Crippen LogP contribution is 2.29. The Labute approximate surface area is 71.2 Å². The molecule has 0 bridgehead atoms. The van der Waals surface area contributed by atoms with Crippen molar-refractivity contribution in [2.24, 2.45) is 0 Å². The van der Waals surface area contributed by atoms with Crippen LogP contribution >= 0.6 is 0 Å². The van der Waals surface area contributed by atoms with Gasteiger partial charge in [-0.3, -0.25) is 0 Å². The molecule has 0 radical (unpaired) electrons. The van der Waals surface area contributed by atoms with Crippen molar-refractivity contribution in [2.45, 2.75) is 19.3 Å². The largest absolute Gasteiger partial charge is 0.492 e. The van der Waals surface area contributed by atoms with Gasteiger partial charge >= 0.3 is 0 Å². The van der Waals surface area contributed by atoms with Gasteiger partial charge in [-0.05, 0) is 18.4 Å². The summed E-state index contributed by atoms with van der Waals surface area (Å²) in [5.74, 6) is 2.73. The molecule has 1 aliphatic carbocycles. The van der Waals surface area contributed by atoms with E-state index in [-0.39, 0.29) is 0 Å². The molecule has 0 aromatic heterocycles. The van der Waals surface area contributed by atoms with Gasteiger partial charge in [0, 0.05) is 6.42 Å². The zero-order valence-electron chi connectivity index (χ0n) is 6.80. The van der Waals surface area contributed by atoms with Crippen molar-refractivity contribution in [3.8, 4) is 0 Å². The summed E-state index contributed by atoms with van der Waals surface area (Å²) in [6.45, 7) is 0.734. The fourth-order valence-electron chi connectivity index (χ4n) is 1.58. The van der Waals surface area contributed by atoms with Gasteiger partial charge in [-0.2, -0.15) is 0 Å².